The lowest BCUT2D eigenvalue weighted by Crippen LogP contribution is -2.47. The second-order valence-electron chi connectivity index (χ2n) is 6.66. The fourth-order valence-electron chi connectivity index (χ4n) is 2.72. The molecule has 0 amide bonds. The van der Waals surface area contributed by atoms with E-state index in [1.165, 1.54) is 70.6 Å². The van der Waals surface area contributed by atoms with Gasteiger partial charge in [-0.25, -0.2) is 5.53 Å². The van der Waals surface area contributed by atoms with Gasteiger partial charge in [0, 0.05) is 5.54 Å². The van der Waals surface area contributed by atoms with Gasteiger partial charge in [0.25, 0.3) is 0 Å². The van der Waals surface area contributed by atoms with Crippen LogP contribution >= 0.6 is 0 Å². The van der Waals surface area contributed by atoms with Crippen LogP contribution in [0, 0.1) is 0 Å². The summed E-state index contributed by atoms with van der Waals surface area (Å²) in [6.45, 7) is 7.50. The van der Waals surface area contributed by atoms with Crippen molar-refractivity contribution in [3.8, 4) is 0 Å². The zero-order valence-corrected chi connectivity index (χ0v) is 13.8. The van der Waals surface area contributed by atoms with E-state index < -0.39 is 0 Å². The minimum Gasteiger partial charge on any atom is -0.219 e. The average Bonchev–Trinajstić information content (AvgIpc) is 2.96. The molecule has 1 aliphatic rings. The average molecular weight is 282 g/mol. The number of nitrogens with one attached hydrogen (secondary N) is 1. The maximum absolute atomic E-state index is 3.97. The van der Waals surface area contributed by atoms with Crippen molar-refractivity contribution in [1.82, 2.24) is 10.5 Å². The van der Waals surface area contributed by atoms with Crippen LogP contribution in [0.15, 0.2) is 10.3 Å². The molecule has 0 fully saturated rings. The quantitative estimate of drug-likeness (QED) is 0.498. The smallest absolute Gasteiger partial charge is 0.134 e. The summed E-state index contributed by atoms with van der Waals surface area (Å²) in [5.41, 5.74) is 3.13. The molecule has 0 aromatic heterocycles. The number of hydrogen-bond acceptors (Lipinski definition) is 4. The zero-order valence-electron chi connectivity index (χ0n) is 13.8. The highest BCUT2D eigenvalue weighted by molar-refractivity contribution is 4.79. The number of rotatable bonds is 12. The molecule has 1 aliphatic heterocycles. The highest BCUT2D eigenvalue weighted by Crippen LogP contribution is 2.22. The topological polar surface area (TPSA) is 40.0 Å². The summed E-state index contributed by atoms with van der Waals surface area (Å²) < 4.78 is 0. The maximum Gasteiger partial charge on any atom is 0.134 e. The van der Waals surface area contributed by atoms with Crippen molar-refractivity contribution >= 4 is 0 Å². The van der Waals surface area contributed by atoms with E-state index in [-0.39, 0.29) is 5.54 Å². The van der Waals surface area contributed by atoms with Crippen molar-refractivity contribution < 1.29 is 0 Å². The first-order valence-electron chi connectivity index (χ1n) is 8.56. The van der Waals surface area contributed by atoms with Gasteiger partial charge in [-0.05, 0) is 20.3 Å². The van der Waals surface area contributed by atoms with Crippen LogP contribution in [-0.2, 0) is 0 Å². The lowest BCUT2D eigenvalue weighted by molar-refractivity contribution is 0.0784. The molecule has 0 spiro atoms. The van der Waals surface area contributed by atoms with E-state index >= 15 is 0 Å². The molecular weight excluding hydrogens is 248 g/mol. The van der Waals surface area contributed by atoms with E-state index in [0.29, 0.717) is 6.67 Å². The van der Waals surface area contributed by atoms with E-state index in [1.54, 1.807) is 0 Å². The summed E-state index contributed by atoms with van der Waals surface area (Å²) in [6, 6.07) is 0. The summed E-state index contributed by atoms with van der Waals surface area (Å²) >= 11 is 0. The maximum atomic E-state index is 3.97. The molecule has 0 saturated heterocycles. The normalized spacial score (nSPS) is 15.8. The molecule has 118 valence electrons. The SMILES string of the molecule is CCCCCCCCCCCCC(C)(C)N1CN=NN1. The zero-order chi connectivity index (χ0) is 14.7. The molecule has 1 rings (SSSR count). The molecular formula is C16H34N4. The van der Waals surface area contributed by atoms with E-state index in [0.717, 1.165) is 0 Å². The van der Waals surface area contributed by atoms with E-state index in [1.807, 2.05) is 0 Å². The molecule has 4 heteroatoms. The minimum atomic E-state index is 0.156. The molecule has 1 N–H and O–H groups in total. The second-order valence-corrected chi connectivity index (χ2v) is 6.66. The molecule has 4 nitrogen and oxygen atoms in total. The number of unbranched alkanes of at least 4 members (excludes halogenated alkanes) is 9. The van der Waals surface area contributed by atoms with Crippen LogP contribution in [0.1, 0.15) is 91.4 Å². The summed E-state index contributed by atoms with van der Waals surface area (Å²) in [5, 5.41) is 9.93. The van der Waals surface area contributed by atoms with Gasteiger partial charge in [0.05, 0.1) is 0 Å². The van der Waals surface area contributed by atoms with Gasteiger partial charge < -0.3 is 0 Å². The molecule has 0 aromatic rings. The van der Waals surface area contributed by atoms with Crippen molar-refractivity contribution in [2.24, 2.45) is 10.3 Å². The third-order valence-corrected chi connectivity index (χ3v) is 4.31. The van der Waals surface area contributed by atoms with Crippen LogP contribution in [0.25, 0.3) is 0 Å². The second kappa shape index (κ2) is 10.1. The molecule has 0 saturated carbocycles. The largest absolute Gasteiger partial charge is 0.219 e. The van der Waals surface area contributed by atoms with Gasteiger partial charge in [-0.15, -0.1) is 0 Å². The first kappa shape index (κ1) is 17.4. The third kappa shape index (κ3) is 7.22. The monoisotopic (exact) mass is 282 g/mol. The Balaban J connectivity index is 1.89. The summed E-state index contributed by atoms with van der Waals surface area (Å²) in [6.07, 6.45) is 15.2. The third-order valence-electron chi connectivity index (χ3n) is 4.31. The van der Waals surface area contributed by atoms with Gasteiger partial charge in [0.1, 0.15) is 6.67 Å². The van der Waals surface area contributed by atoms with Crippen LogP contribution in [0.3, 0.4) is 0 Å². The standard InChI is InChI=1S/C16H34N4/c1-4-5-6-7-8-9-10-11-12-13-14-16(2,3)20-15-17-18-19-20/h4-15H2,1-3H3,(H,17,19). The summed E-state index contributed by atoms with van der Waals surface area (Å²) in [7, 11) is 0. The van der Waals surface area contributed by atoms with Gasteiger partial charge in [0.15, 0.2) is 0 Å². The van der Waals surface area contributed by atoms with Crippen LogP contribution in [-0.4, -0.2) is 17.2 Å². The van der Waals surface area contributed by atoms with Crippen LogP contribution in [0.2, 0.25) is 0 Å². The van der Waals surface area contributed by atoms with Crippen molar-refractivity contribution in [2.75, 3.05) is 6.67 Å². The molecule has 0 atom stereocenters. The van der Waals surface area contributed by atoms with Gasteiger partial charge >= 0.3 is 0 Å². The molecule has 0 aromatic carbocycles. The first-order chi connectivity index (χ1) is 9.67. The highest BCUT2D eigenvalue weighted by atomic mass is 15.8. The van der Waals surface area contributed by atoms with Gasteiger partial charge in [-0.1, -0.05) is 76.4 Å². The number of nitrogens with zero attached hydrogens (tertiary/aromatic N) is 3. The van der Waals surface area contributed by atoms with Gasteiger partial charge in [-0.3, -0.25) is 0 Å². The molecule has 20 heavy (non-hydrogen) atoms. The van der Waals surface area contributed by atoms with Gasteiger partial charge in [0.2, 0.25) is 0 Å². The fourth-order valence-corrected chi connectivity index (χ4v) is 2.72. The highest BCUT2D eigenvalue weighted by Gasteiger charge is 2.28. The van der Waals surface area contributed by atoms with Crippen LogP contribution in [0.5, 0.6) is 0 Å². The lowest BCUT2D eigenvalue weighted by Gasteiger charge is -2.33. The molecule has 0 bridgehead atoms. The Kier molecular flexibility index (Phi) is 8.83. The van der Waals surface area contributed by atoms with Gasteiger partial charge in [-0.2, -0.15) is 10.1 Å². The molecule has 0 aliphatic carbocycles. The molecule has 0 unspecified atom stereocenters. The van der Waals surface area contributed by atoms with Crippen molar-refractivity contribution in [2.45, 2.75) is 96.9 Å². The Labute approximate surface area is 125 Å². The number of hydrogen-bond donors (Lipinski definition) is 1. The fraction of sp³-hybridized carbons (Fsp3) is 1.00. The van der Waals surface area contributed by atoms with Crippen molar-refractivity contribution in [3.05, 3.63) is 0 Å². The Morgan fingerprint density at radius 2 is 1.45 bits per heavy atom. The van der Waals surface area contributed by atoms with Crippen LogP contribution in [0.4, 0.5) is 0 Å². The number of hydrazine groups is 1. The molecule has 1 heterocycles. The van der Waals surface area contributed by atoms with Crippen molar-refractivity contribution in [3.63, 3.8) is 0 Å². The molecule has 0 radical (unpaired) electrons. The Hall–Kier alpha value is -0.640. The van der Waals surface area contributed by atoms with Crippen LogP contribution < -0.4 is 5.53 Å². The first-order valence-corrected chi connectivity index (χ1v) is 8.56. The Morgan fingerprint density at radius 1 is 0.900 bits per heavy atom. The Morgan fingerprint density at radius 3 is 1.95 bits per heavy atom. The van der Waals surface area contributed by atoms with E-state index in [2.05, 4.69) is 41.7 Å². The lowest BCUT2D eigenvalue weighted by atomic mass is 9.95. The van der Waals surface area contributed by atoms with Crippen molar-refractivity contribution in [1.29, 1.82) is 0 Å². The van der Waals surface area contributed by atoms with E-state index in [4.69, 9.17) is 0 Å². The van der Waals surface area contributed by atoms with E-state index in [9.17, 15) is 0 Å². The summed E-state index contributed by atoms with van der Waals surface area (Å²) in [4.78, 5) is 0. The predicted octanol–water partition coefficient (Wildman–Crippen LogP) is 5.22. The summed E-state index contributed by atoms with van der Waals surface area (Å²) in [5.74, 6) is 0. The predicted molar refractivity (Wildman–Crippen MR) is 85.2 cm³/mol. The Bertz CT molecular complexity index is 255. The minimum absolute atomic E-state index is 0.156.